The first-order valence-corrected chi connectivity index (χ1v) is 10.2. The van der Waals surface area contributed by atoms with Crippen molar-refractivity contribution in [3.8, 4) is 0 Å². The third-order valence-electron chi connectivity index (χ3n) is 5.03. The van der Waals surface area contributed by atoms with Crippen LogP contribution < -0.4 is 10.4 Å². The molecule has 0 aromatic carbocycles. The van der Waals surface area contributed by atoms with Crippen LogP contribution in [0.3, 0.4) is 0 Å². The number of nitrogens with one attached hydrogen (secondary N) is 1. The molecule has 7 heteroatoms. The molecule has 3 rings (SSSR count). The zero-order chi connectivity index (χ0) is 19.6. The number of hydrogen-bond acceptors (Lipinski definition) is 6. The van der Waals surface area contributed by atoms with Gasteiger partial charge in [0.1, 0.15) is 5.00 Å². The summed E-state index contributed by atoms with van der Waals surface area (Å²) in [5, 5.41) is 14.7. The van der Waals surface area contributed by atoms with Crippen LogP contribution in [-0.2, 0) is 27.2 Å². The second-order valence-electron chi connectivity index (χ2n) is 7.33. The molecular formula is C20H24NO5S-. The van der Waals surface area contributed by atoms with Crippen LogP contribution >= 0.6 is 11.3 Å². The van der Waals surface area contributed by atoms with E-state index >= 15 is 0 Å². The Bertz CT molecular complexity index is 780. The van der Waals surface area contributed by atoms with Crippen molar-refractivity contribution in [3.63, 3.8) is 0 Å². The zero-order valence-corrected chi connectivity index (χ0v) is 16.4. The molecule has 0 spiro atoms. The number of carboxylic acid groups (broad SMARTS) is 1. The van der Waals surface area contributed by atoms with Crippen molar-refractivity contribution in [1.29, 1.82) is 0 Å². The minimum absolute atomic E-state index is 0.258. The Balaban J connectivity index is 1.88. The molecule has 27 heavy (non-hydrogen) atoms. The number of carbonyl (C=O) groups excluding carboxylic acids is 3. The molecule has 0 radical (unpaired) electrons. The van der Waals surface area contributed by atoms with Crippen LogP contribution in [-0.4, -0.2) is 23.9 Å². The van der Waals surface area contributed by atoms with Crippen LogP contribution in [0.25, 0.3) is 0 Å². The molecule has 146 valence electrons. The summed E-state index contributed by atoms with van der Waals surface area (Å²) in [6, 6.07) is 0. The molecule has 0 saturated heterocycles. The number of esters is 1. The van der Waals surface area contributed by atoms with Gasteiger partial charge < -0.3 is 20.0 Å². The number of amides is 1. The van der Waals surface area contributed by atoms with Crippen LogP contribution in [0.2, 0.25) is 0 Å². The lowest BCUT2D eigenvalue weighted by Crippen LogP contribution is -2.41. The molecule has 0 saturated carbocycles. The number of thiophene rings is 1. The topological polar surface area (TPSA) is 95.5 Å². The fourth-order valence-electron chi connectivity index (χ4n) is 3.71. The van der Waals surface area contributed by atoms with E-state index in [1.54, 1.807) is 19.9 Å². The Morgan fingerprint density at radius 1 is 1.15 bits per heavy atom. The summed E-state index contributed by atoms with van der Waals surface area (Å²) in [5.41, 5.74) is 1.40. The number of fused-ring (bicyclic) bond motifs is 1. The van der Waals surface area contributed by atoms with Gasteiger partial charge in [0.2, 0.25) is 5.91 Å². The van der Waals surface area contributed by atoms with Crippen LogP contribution in [0.5, 0.6) is 0 Å². The summed E-state index contributed by atoms with van der Waals surface area (Å²) in [7, 11) is 0. The van der Waals surface area contributed by atoms with Crippen molar-refractivity contribution in [3.05, 3.63) is 28.2 Å². The molecule has 0 aliphatic heterocycles. The van der Waals surface area contributed by atoms with Crippen LogP contribution in [0.4, 0.5) is 5.00 Å². The Kier molecular flexibility index (Phi) is 5.99. The monoisotopic (exact) mass is 390 g/mol. The largest absolute Gasteiger partial charge is 0.550 e. The van der Waals surface area contributed by atoms with Crippen molar-refractivity contribution in [2.75, 3.05) is 5.32 Å². The predicted molar refractivity (Wildman–Crippen MR) is 101 cm³/mol. The number of anilines is 1. The molecule has 1 N–H and O–H groups in total. The molecule has 6 nitrogen and oxygen atoms in total. The Morgan fingerprint density at radius 2 is 1.81 bits per heavy atom. The van der Waals surface area contributed by atoms with Gasteiger partial charge in [0, 0.05) is 16.8 Å². The van der Waals surface area contributed by atoms with E-state index in [2.05, 4.69) is 5.32 Å². The third kappa shape index (κ3) is 4.24. The number of aliphatic carboxylic acids is 1. The molecule has 1 aromatic heterocycles. The van der Waals surface area contributed by atoms with Crippen molar-refractivity contribution >= 4 is 34.2 Å². The standard InChI is InChI=1S/C20H25NO5S/c1-11(2)26-20(25)16-14-9-5-6-10-15(14)27-18(16)21-17(22)12-7-3-4-8-13(12)19(23)24/h3-4,11-13H,5-10H2,1-2H3,(H,21,22)(H,23,24)/p-1/t12-,13+/m0/s1. The van der Waals surface area contributed by atoms with Gasteiger partial charge >= 0.3 is 5.97 Å². The van der Waals surface area contributed by atoms with Gasteiger partial charge in [0.05, 0.1) is 17.6 Å². The number of aryl methyl sites for hydroxylation is 1. The molecule has 0 fully saturated rings. The Hall–Kier alpha value is -2.15. The van der Waals surface area contributed by atoms with Gasteiger partial charge in [-0.25, -0.2) is 4.79 Å². The van der Waals surface area contributed by atoms with Gasteiger partial charge in [0.25, 0.3) is 0 Å². The number of carboxylic acids is 1. The van der Waals surface area contributed by atoms with Crippen molar-refractivity contribution in [2.24, 2.45) is 11.8 Å². The molecule has 2 aliphatic rings. The smallest absolute Gasteiger partial charge is 0.341 e. The lowest BCUT2D eigenvalue weighted by Gasteiger charge is -2.28. The summed E-state index contributed by atoms with van der Waals surface area (Å²) in [4.78, 5) is 38.0. The molecule has 0 bridgehead atoms. The van der Waals surface area contributed by atoms with Gasteiger partial charge in [-0.2, -0.15) is 0 Å². The maximum Gasteiger partial charge on any atom is 0.341 e. The molecule has 1 amide bonds. The van der Waals surface area contributed by atoms with E-state index in [4.69, 9.17) is 4.74 Å². The second kappa shape index (κ2) is 8.25. The SMILES string of the molecule is CC(C)OC(=O)c1c(NC(=O)[C@H]2CC=CC[C@H]2C(=O)[O-])sc2c1CCCC2. The van der Waals surface area contributed by atoms with E-state index in [-0.39, 0.29) is 18.4 Å². The van der Waals surface area contributed by atoms with Gasteiger partial charge in [-0.05, 0) is 57.9 Å². The minimum atomic E-state index is -1.22. The van der Waals surface area contributed by atoms with E-state index in [0.717, 1.165) is 36.1 Å². The summed E-state index contributed by atoms with van der Waals surface area (Å²) >= 11 is 1.41. The number of ether oxygens (including phenoxy) is 1. The molecule has 2 atom stereocenters. The van der Waals surface area contributed by atoms with Crippen molar-refractivity contribution in [1.82, 2.24) is 0 Å². The average Bonchev–Trinajstić information content (AvgIpc) is 2.98. The van der Waals surface area contributed by atoms with E-state index in [1.165, 1.54) is 11.3 Å². The van der Waals surface area contributed by atoms with E-state index < -0.39 is 23.8 Å². The maximum atomic E-state index is 12.8. The number of allylic oxidation sites excluding steroid dienone is 2. The first kappa shape index (κ1) is 19.6. The van der Waals surface area contributed by atoms with Crippen LogP contribution in [0.15, 0.2) is 12.2 Å². The highest BCUT2D eigenvalue weighted by Gasteiger charge is 2.33. The van der Waals surface area contributed by atoms with Crippen molar-refractivity contribution in [2.45, 2.75) is 58.5 Å². The summed E-state index contributed by atoms with van der Waals surface area (Å²) in [6.07, 6.45) is 7.68. The lowest BCUT2D eigenvalue weighted by molar-refractivity contribution is -0.313. The highest BCUT2D eigenvalue weighted by Crippen LogP contribution is 2.39. The predicted octanol–water partition coefficient (Wildman–Crippen LogP) is 2.46. The molecular weight excluding hydrogens is 366 g/mol. The van der Waals surface area contributed by atoms with E-state index in [9.17, 15) is 19.5 Å². The normalized spacial score (nSPS) is 21.6. The number of carbonyl (C=O) groups is 3. The highest BCUT2D eigenvalue weighted by molar-refractivity contribution is 7.17. The number of hydrogen-bond donors (Lipinski definition) is 1. The lowest BCUT2D eigenvalue weighted by atomic mass is 9.82. The zero-order valence-electron chi connectivity index (χ0n) is 15.6. The van der Waals surface area contributed by atoms with Gasteiger partial charge in [-0.3, -0.25) is 4.79 Å². The van der Waals surface area contributed by atoms with E-state index in [1.807, 2.05) is 6.08 Å². The molecule has 0 unspecified atom stereocenters. The quantitative estimate of drug-likeness (QED) is 0.615. The fourth-order valence-corrected chi connectivity index (χ4v) is 4.99. The third-order valence-corrected chi connectivity index (χ3v) is 6.23. The molecule has 1 aromatic rings. The van der Waals surface area contributed by atoms with Crippen molar-refractivity contribution < 1.29 is 24.2 Å². The first-order valence-electron chi connectivity index (χ1n) is 9.40. The first-order chi connectivity index (χ1) is 12.9. The Morgan fingerprint density at radius 3 is 2.48 bits per heavy atom. The van der Waals surface area contributed by atoms with E-state index in [0.29, 0.717) is 17.0 Å². The second-order valence-corrected chi connectivity index (χ2v) is 8.44. The highest BCUT2D eigenvalue weighted by atomic mass is 32.1. The molecule has 1 heterocycles. The Labute approximate surface area is 162 Å². The van der Waals surface area contributed by atoms with Crippen LogP contribution in [0, 0.1) is 11.8 Å². The number of rotatable bonds is 5. The van der Waals surface area contributed by atoms with Gasteiger partial charge in [-0.1, -0.05) is 12.2 Å². The summed E-state index contributed by atoms with van der Waals surface area (Å²) < 4.78 is 5.39. The fraction of sp³-hybridized carbons (Fsp3) is 0.550. The van der Waals surface area contributed by atoms with Crippen LogP contribution in [0.1, 0.15) is 60.3 Å². The maximum absolute atomic E-state index is 12.8. The minimum Gasteiger partial charge on any atom is -0.550 e. The molecule has 2 aliphatic carbocycles. The van der Waals surface area contributed by atoms with Gasteiger partial charge in [0.15, 0.2) is 0 Å². The average molecular weight is 390 g/mol. The summed E-state index contributed by atoms with van der Waals surface area (Å²) in [5.74, 6) is -3.58. The van der Waals surface area contributed by atoms with Gasteiger partial charge in [-0.15, -0.1) is 11.3 Å². The summed E-state index contributed by atoms with van der Waals surface area (Å²) in [6.45, 7) is 3.57.